The number of rotatable bonds is 0. The summed E-state index contributed by atoms with van der Waals surface area (Å²) in [6.45, 7) is 0. The van der Waals surface area contributed by atoms with E-state index in [9.17, 15) is 0 Å². The van der Waals surface area contributed by atoms with E-state index in [1.165, 1.54) is 16.3 Å². The van der Waals surface area contributed by atoms with Gasteiger partial charge in [0.05, 0.1) is 0 Å². The van der Waals surface area contributed by atoms with E-state index in [-0.39, 0.29) is 0 Å². The van der Waals surface area contributed by atoms with Gasteiger partial charge in [0.1, 0.15) is 6.42 Å². The lowest BCUT2D eigenvalue weighted by Gasteiger charge is -2.10. The molecule has 16 heavy (non-hydrogen) atoms. The van der Waals surface area contributed by atoms with Crippen molar-refractivity contribution >= 4 is 22.6 Å². The molecule has 0 unspecified atom stereocenters. The minimum Gasteiger partial charge on any atom is -0.361 e. The van der Waals surface area contributed by atoms with Gasteiger partial charge in [-0.3, -0.25) is 0 Å². The molecule has 0 spiro atoms. The van der Waals surface area contributed by atoms with Gasteiger partial charge in [0.25, 0.3) is 0 Å². The van der Waals surface area contributed by atoms with Gasteiger partial charge in [-0.05, 0) is 28.0 Å². The Bertz CT molecular complexity index is 647. The first-order valence-corrected chi connectivity index (χ1v) is 5.15. The molecule has 0 aromatic heterocycles. The summed E-state index contributed by atoms with van der Waals surface area (Å²) in [6.07, 6.45) is 5.68. The Kier molecular flexibility index (Phi) is 1.95. The molecule has 0 aliphatic heterocycles. The van der Waals surface area contributed by atoms with Crippen molar-refractivity contribution in [3.05, 3.63) is 65.6 Å². The molecule has 2 nitrogen and oxygen atoms in total. The van der Waals surface area contributed by atoms with Crippen LogP contribution in [0.2, 0.25) is 0 Å². The fourth-order valence-electron chi connectivity index (χ4n) is 2.06. The Balaban J connectivity index is 2.33. The van der Waals surface area contributed by atoms with E-state index in [0.29, 0.717) is 5.71 Å². The van der Waals surface area contributed by atoms with E-state index in [0.717, 1.165) is 5.56 Å². The third-order valence-electron chi connectivity index (χ3n) is 2.84. The molecule has 0 bridgehead atoms. The van der Waals surface area contributed by atoms with Crippen LogP contribution in [0.1, 0.15) is 11.1 Å². The van der Waals surface area contributed by atoms with E-state index < -0.39 is 0 Å². The molecular formula is C14H9N2. The van der Waals surface area contributed by atoms with Crippen LogP contribution in [0.15, 0.2) is 42.5 Å². The van der Waals surface area contributed by atoms with Crippen molar-refractivity contribution in [3.63, 3.8) is 0 Å². The Morgan fingerprint density at radius 1 is 0.938 bits per heavy atom. The fourth-order valence-corrected chi connectivity index (χ4v) is 2.06. The molecule has 0 saturated carbocycles. The SMILES string of the molecule is [N-]=[N+]=C1[CH]c2ccc3ccccc3c2C=C1. The summed E-state index contributed by atoms with van der Waals surface area (Å²) in [6, 6.07) is 12.4. The summed E-state index contributed by atoms with van der Waals surface area (Å²) in [4.78, 5) is 3.20. The Morgan fingerprint density at radius 2 is 1.81 bits per heavy atom. The maximum absolute atomic E-state index is 8.74. The zero-order valence-electron chi connectivity index (χ0n) is 8.59. The topological polar surface area (TPSA) is 36.4 Å². The van der Waals surface area contributed by atoms with Crippen molar-refractivity contribution in [3.8, 4) is 0 Å². The van der Waals surface area contributed by atoms with Gasteiger partial charge in [-0.15, -0.1) is 0 Å². The summed E-state index contributed by atoms with van der Waals surface area (Å²) in [5.74, 6) is 0. The summed E-state index contributed by atoms with van der Waals surface area (Å²) < 4.78 is 0. The molecule has 0 amide bonds. The first-order chi connectivity index (χ1) is 7.88. The van der Waals surface area contributed by atoms with Crippen LogP contribution in [-0.4, -0.2) is 10.5 Å². The fraction of sp³-hybridized carbons (Fsp3) is 0. The molecule has 0 heterocycles. The van der Waals surface area contributed by atoms with Crippen molar-refractivity contribution in [2.24, 2.45) is 0 Å². The van der Waals surface area contributed by atoms with E-state index in [4.69, 9.17) is 5.53 Å². The van der Waals surface area contributed by atoms with Crippen molar-refractivity contribution in [1.29, 1.82) is 0 Å². The standard InChI is InChI=1S/C14H9N2/c15-16-12-7-8-14-11(9-12)6-5-10-3-1-2-4-13(10)14/h1-9H. The lowest BCUT2D eigenvalue weighted by molar-refractivity contribution is -0.00256. The number of allylic oxidation sites excluding steroid dienone is 1. The average molecular weight is 205 g/mol. The van der Waals surface area contributed by atoms with Crippen LogP contribution in [0.5, 0.6) is 0 Å². The number of hydrogen-bond acceptors (Lipinski definition) is 0. The highest BCUT2D eigenvalue weighted by atomic mass is 14.8. The van der Waals surface area contributed by atoms with Crippen LogP contribution >= 0.6 is 0 Å². The van der Waals surface area contributed by atoms with Gasteiger partial charge in [-0.1, -0.05) is 36.4 Å². The zero-order chi connectivity index (χ0) is 11.0. The van der Waals surface area contributed by atoms with Gasteiger partial charge in [0.15, 0.2) is 0 Å². The maximum Gasteiger partial charge on any atom is 0.300 e. The molecule has 3 rings (SSSR count). The highest BCUT2D eigenvalue weighted by molar-refractivity contribution is 6.09. The molecular weight excluding hydrogens is 196 g/mol. The smallest absolute Gasteiger partial charge is 0.300 e. The molecule has 2 aromatic rings. The first kappa shape index (κ1) is 9.08. The highest BCUT2D eigenvalue weighted by Gasteiger charge is 2.16. The van der Waals surface area contributed by atoms with Crippen LogP contribution < -0.4 is 0 Å². The van der Waals surface area contributed by atoms with E-state index in [1.807, 2.05) is 36.8 Å². The van der Waals surface area contributed by atoms with E-state index in [2.05, 4.69) is 23.0 Å². The minimum atomic E-state index is 0.586. The van der Waals surface area contributed by atoms with Gasteiger partial charge in [0, 0.05) is 6.08 Å². The van der Waals surface area contributed by atoms with Crippen LogP contribution in [-0.2, 0) is 0 Å². The quantitative estimate of drug-likeness (QED) is 0.468. The normalized spacial score (nSPS) is 13.6. The summed E-state index contributed by atoms with van der Waals surface area (Å²) in [5.41, 5.74) is 11.6. The van der Waals surface area contributed by atoms with Gasteiger partial charge in [-0.2, -0.15) is 4.79 Å². The number of fused-ring (bicyclic) bond motifs is 3. The van der Waals surface area contributed by atoms with Crippen LogP contribution in [0.4, 0.5) is 0 Å². The predicted octanol–water partition coefficient (Wildman–Crippen LogP) is 3.09. The van der Waals surface area contributed by atoms with Gasteiger partial charge in [0.2, 0.25) is 0 Å². The summed E-state index contributed by atoms with van der Waals surface area (Å²) in [5, 5.41) is 2.45. The third-order valence-corrected chi connectivity index (χ3v) is 2.84. The Hall–Kier alpha value is -2.18. The highest BCUT2D eigenvalue weighted by Crippen LogP contribution is 2.27. The average Bonchev–Trinajstić information content (AvgIpc) is 2.38. The molecule has 2 heteroatoms. The third kappa shape index (κ3) is 1.28. The molecule has 0 saturated heterocycles. The second kappa shape index (κ2) is 3.44. The lowest BCUT2D eigenvalue weighted by Crippen LogP contribution is -2.04. The molecule has 0 N–H and O–H groups in total. The van der Waals surface area contributed by atoms with Crippen molar-refractivity contribution in [1.82, 2.24) is 0 Å². The van der Waals surface area contributed by atoms with Gasteiger partial charge in [-0.25, -0.2) is 0 Å². The molecule has 0 fully saturated rings. The molecule has 1 aliphatic rings. The predicted molar refractivity (Wildman–Crippen MR) is 65.0 cm³/mol. The van der Waals surface area contributed by atoms with Crippen LogP contribution in [0.25, 0.3) is 22.4 Å². The van der Waals surface area contributed by atoms with Gasteiger partial charge < -0.3 is 5.53 Å². The van der Waals surface area contributed by atoms with Crippen molar-refractivity contribution < 1.29 is 4.79 Å². The molecule has 1 aliphatic carbocycles. The molecule has 2 aromatic carbocycles. The summed E-state index contributed by atoms with van der Waals surface area (Å²) in [7, 11) is 0. The number of hydrogen-bond donors (Lipinski definition) is 0. The summed E-state index contributed by atoms with van der Waals surface area (Å²) >= 11 is 0. The Labute approximate surface area is 93.5 Å². The second-order valence-corrected chi connectivity index (χ2v) is 3.79. The van der Waals surface area contributed by atoms with Gasteiger partial charge >= 0.3 is 5.71 Å². The molecule has 0 atom stereocenters. The largest absolute Gasteiger partial charge is 0.361 e. The minimum absolute atomic E-state index is 0.586. The van der Waals surface area contributed by atoms with E-state index >= 15 is 0 Å². The molecule has 75 valence electrons. The monoisotopic (exact) mass is 205 g/mol. The van der Waals surface area contributed by atoms with Crippen molar-refractivity contribution in [2.45, 2.75) is 0 Å². The Morgan fingerprint density at radius 3 is 2.69 bits per heavy atom. The molecule has 1 radical (unpaired) electrons. The van der Waals surface area contributed by atoms with E-state index in [1.54, 1.807) is 0 Å². The second-order valence-electron chi connectivity index (χ2n) is 3.79. The number of nitrogens with zero attached hydrogens (tertiary/aromatic N) is 2. The number of benzene rings is 2. The van der Waals surface area contributed by atoms with Crippen LogP contribution in [0.3, 0.4) is 0 Å². The maximum atomic E-state index is 8.74. The first-order valence-electron chi connectivity index (χ1n) is 5.15. The lowest BCUT2D eigenvalue weighted by atomic mass is 9.91. The van der Waals surface area contributed by atoms with Crippen molar-refractivity contribution in [2.75, 3.05) is 0 Å². The zero-order valence-corrected chi connectivity index (χ0v) is 8.59. The van der Waals surface area contributed by atoms with Crippen LogP contribution in [0, 0.1) is 6.42 Å².